The highest BCUT2D eigenvalue weighted by atomic mass is 35.5. The third-order valence-corrected chi connectivity index (χ3v) is 3.52. The van der Waals surface area contributed by atoms with E-state index in [4.69, 9.17) is 17.3 Å². The fraction of sp³-hybridized carbons (Fsp3) is 0.583. The molecule has 3 nitrogen and oxygen atoms in total. The van der Waals surface area contributed by atoms with Crippen LogP contribution in [0.5, 0.6) is 0 Å². The number of pyridine rings is 1. The molecule has 1 aliphatic carbocycles. The van der Waals surface area contributed by atoms with Crippen molar-refractivity contribution < 1.29 is 0 Å². The molecule has 1 saturated carbocycles. The molecule has 1 aliphatic rings. The van der Waals surface area contributed by atoms with Crippen LogP contribution in [-0.4, -0.2) is 17.1 Å². The quantitative estimate of drug-likeness (QED) is 0.853. The van der Waals surface area contributed by atoms with Gasteiger partial charge < -0.3 is 11.1 Å². The zero-order valence-corrected chi connectivity index (χ0v) is 10.1. The van der Waals surface area contributed by atoms with E-state index in [0.717, 1.165) is 25.2 Å². The van der Waals surface area contributed by atoms with E-state index >= 15 is 0 Å². The van der Waals surface area contributed by atoms with E-state index in [2.05, 4.69) is 10.3 Å². The van der Waals surface area contributed by atoms with Crippen molar-refractivity contribution >= 4 is 17.4 Å². The molecular formula is C12H18ClN3. The maximum absolute atomic E-state index is 6.32. The predicted octanol–water partition coefficient (Wildman–Crippen LogP) is 2.81. The zero-order valence-electron chi connectivity index (χ0n) is 9.38. The molecule has 88 valence electrons. The Bertz CT molecular complexity index is 348. The van der Waals surface area contributed by atoms with E-state index in [0.29, 0.717) is 5.02 Å². The number of aromatic nitrogens is 1. The van der Waals surface area contributed by atoms with Crippen molar-refractivity contribution in [3.8, 4) is 0 Å². The van der Waals surface area contributed by atoms with Crippen LogP contribution in [0.15, 0.2) is 18.3 Å². The van der Waals surface area contributed by atoms with E-state index in [1.165, 1.54) is 19.3 Å². The second kappa shape index (κ2) is 5.02. The van der Waals surface area contributed by atoms with Crippen LogP contribution in [0, 0.1) is 0 Å². The Balaban J connectivity index is 1.94. The molecule has 1 aromatic rings. The number of nitrogens with two attached hydrogens (primary N) is 1. The van der Waals surface area contributed by atoms with E-state index in [1.54, 1.807) is 6.20 Å². The van der Waals surface area contributed by atoms with Crippen molar-refractivity contribution in [2.45, 2.75) is 37.6 Å². The van der Waals surface area contributed by atoms with Gasteiger partial charge >= 0.3 is 0 Å². The molecule has 16 heavy (non-hydrogen) atoms. The van der Waals surface area contributed by atoms with E-state index in [9.17, 15) is 0 Å². The third-order valence-electron chi connectivity index (χ3n) is 3.22. The van der Waals surface area contributed by atoms with Gasteiger partial charge in [-0.3, -0.25) is 0 Å². The summed E-state index contributed by atoms with van der Waals surface area (Å²) in [5.74, 6) is 0.736. The lowest BCUT2D eigenvalue weighted by Crippen LogP contribution is -2.47. The van der Waals surface area contributed by atoms with Crippen LogP contribution in [0.1, 0.15) is 32.1 Å². The van der Waals surface area contributed by atoms with Gasteiger partial charge in [-0.25, -0.2) is 4.98 Å². The summed E-state index contributed by atoms with van der Waals surface area (Å²) in [6.45, 7) is 0.754. The van der Waals surface area contributed by atoms with Gasteiger partial charge in [0.1, 0.15) is 5.82 Å². The van der Waals surface area contributed by atoms with E-state index < -0.39 is 0 Å². The number of nitrogens with zero attached hydrogens (tertiary/aromatic N) is 1. The summed E-state index contributed by atoms with van der Waals surface area (Å²) in [5.41, 5.74) is 6.24. The van der Waals surface area contributed by atoms with Crippen molar-refractivity contribution in [1.29, 1.82) is 0 Å². The number of nitrogens with one attached hydrogen (secondary N) is 1. The second-order valence-electron chi connectivity index (χ2n) is 4.61. The largest absolute Gasteiger partial charge is 0.367 e. The van der Waals surface area contributed by atoms with Crippen molar-refractivity contribution in [1.82, 2.24) is 4.98 Å². The SMILES string of the molecule is NC1(CNc2ncccc2Cl)CCCCC1. The van der Waals surface area contributed by atoms with Gasteiger partial charge in [0, 0.05) is 18.3 Å². The van der Waals surface area contributed by atoms with Crippen molar-refractivity contribution in [3.63, 3.8) is 0 Å². The summed E-state index contributed by atoms with van der Waals surface area (Å²) in [5, 5.41) is 3.91. The first-order chi connectivity index (χ1) is 7.70. The normalized spacial score (nSPS) is 19.4. The van der Waals surface area contributed by atoms with Crippen molar-refractivity contribution in [3.05, 3.63) is 23.4 Å². The Hall–Kier alpha value is -0.800. The minimum atomic E-state index is -0.0842. The van der Waals surface area contributed by atoms with Gasteiger partial charge in [0.25, 0.3) is 0 Å². The number of rotatable bonds is 3. The zero-order chi connectivity index (χ0) is 11.4. The first-order valence-electron chi connectivity index (χ1n) is 5.83. The van der Waals surface area contributed by atoms with Gasteiger partial charge in [0.2, 0.25) is 0 Å². The topological polar surface area (TPSA) is 50.9 Å². The minimum absolute atomic E-state index is 0.0842. The molecule has 2 rings (SSSR count). The van der Waals surface area contributed by atoms with Crippen LogP contribution < -0.4 is 11.1 Å². The smallest absolute Gasteiger partial charge is 0.144 e. The van der Waals surface area contributed by atoms with Gasteiger partial charge in [0.15, 0.2) is 0 Å². The molecule has 1 heterocycles. The monoisotopic (exact) mass is 239 g/mol. The summed E-state index contributed by atoms with van der Waals surface area (Å²) in [6, 6.07) is 3.66. The molecular weight excluding hydrogens is 222 g/mol. The minimum Gasteiger partial charge on any atom is -0.367 e. The van der Waals surface area contributed by atoms with Crippen molar-refractivity contribution in [2.75, 3.05) is 11.9 Å². The molecule has 1 fully saturated rings. The fourth-order valence-electron chi connectivity index (χ4n) is 2.21. The van der Waals surface area contributed by atoms with Crippen LogP contribution in [0.4, 0.5) is 5.82 Å². The van der Waals surface area contributed by atoms with Gasteiger partial charge in [-0.05, 0) is 25.0 Å². The van der Waals surface area contributed by atoms with Crippen molar-refractivity contribution in [2.24, 2.45) is 5.73 Å². The molecule has 0 aromatic carbocycles. The highest BCUT2D eigenvalue weighted by Gasteiger charge is 2.27. The number of hydrogen-bond acceptors (Lipinski definition) is 3. The Morgan fingerprint density at radius 1 is 1.38 bits per heavy atom. The van der Waals surface area contributed by atoms with E-state index in [-0.39, 0.29) is 5.54 Å². The Labute approximate surface area is 101 Å². The predicted molar refractivity (Wildman–Crippen MR) is 67.7 cm³/mol. The molecule has 0 unspecified atom stereocenters. The van der Waals surface area contributed by atoms with Crippen LogP contribution in [0.25, 0.3) is 0 Å². The fourth-order valence-corrected chi connectivity index (χ4v) is 2.40. The summed E-state index contributed by atoms with van der Waals surface area (Å²) >= 11 is 6.02. The standard InChI is InChI=1S/C12H18ClN3/c13-10-5-4-8-15-11(10)16-9-12(14)6-2-1-3-7-12/h4-5,8H,1-3,6-7,9,14H2,(H,15,16). The molecule has 0 radical (unpaired) electrons. The average Bonchev–Trinajstić information content (AvgIpc) is 2.29. The lowest BCUT2D eigenvalue weighted by Gasteiger charge is -2.33. The molecule has 0 aliphatic heterocycles. The molecule has 1 aromatic heterocycles. The number of hydrogen-bond donors (Lipinski definition) is 2. The average molecular weight is 240 g/mol. The number of halogens is 1. The molecule has 0 spiro atoms. The first kappa shape index (κ1) is 11.7. The lowest BCUT2D eigenvalue weighted by atomic mass is 9.82. The van der Waals surface area contributed by atoms with Gasteiger partial charge in [-0.1, -0.05) is 30.9 Å². The summed E-state index contributed by atoms with van der Waals surface area (Å²) in [6.07, 6.45) is 7.68. The van der Waals surface area contributed by atoms with Gasteiger partial charge in [-0.15, -0.1) is 0 Å². The number of anilines is 1. The molecule has 4 heteroatoms. The third kappa shape index (κ3) is 2.86. The van der Waals surface area contributed by atoms with Crippen LogP contribution in [0.3, 0.4) is 0 Å². The Kier molecular flexibility index (Phi) is 3.66. The van der Waals surface area contributed by atoms with Gasteiger partial charge in [0.05, 0.1) is 5.02 Å². The lowest BCUT2D eigenvalue weighted by molar-refractivity contribution is 0.311. The summed E-state index contributed by atoms with van der Waals surface area (Å²) < 4.78 is 0. The second-order valence-corrected chi connectivity index (χ2v) is 5.02. The summed E-state index contributed by atoms with van der Waals surface area (Å²) in [7, 11) is 0. The molecule has 0 saturated heterocycles. The Morgan fingerprint density at radius 3 is 2.81 bits per heavy atom. The molecule has 3 N–H and O–H groups in total. The maximum atomic E-state index is 6.32. The molecule has 0 bridgehead atoms. The van der Waals surface area contributed by atoms with Crippen LogP contribution in [0.2, 0.25) is 5.02 Å². The maximum Gasteiger partial charge on any atom is 0.144 e. The van der Waals surface area contributed by atoms with Crippen LogP contribution in [-0.2, 0) is 0 Å². The summed E-state index contributed by atoms with van der Waals surface area (Å²) in [4.78, 5) is 4.20. The molecule has 0 amide bonds. The highest BCUT2D eigenvalue weighted by molar-refractivity contribution is 6.32. The van der Waals surface area contributed by atoms with Crippen LogP contribution >= 0.6 is 11.6 Å². The highest BCUT2D eigenvalue weighted by Crippen LogP contribution is 2.27. The Morgan fingerprint density at radius 2 is 2.12 bits per heavy atom. The molecule has 0 atom stereocenters. The first-order valence-corrected chi connectivity index (χ1v) is 6.21. The van der Waals surface area contributed by atoms with Gasteiger partial charge in [-0.2, -0.15) is 0 Å². The van der Waals surface area contributed by atoms with E-state index in [1.807, 2.05) is 12.1 Å².